The van der Waals surface area contributed by atoms with Crippen LogP contribution in [0.15, 0.2) is 24.3 Å². The second-order valence-corrected chi connectivity index (χ2v) is 6.75. The summed E-state index contributed by atoms with van der Waals surface area (Å²) in [4.78, 5) is 15.0. The van der Waals surface area contributed by atoms with E-state index in [1.54, 1.807) is 0 Å². The fraction of sp³-hybridized carbons (Fsp3) is 0.632. The van der Waals surface area contributed by atoms with E-state index in [9.17, 15) is 4.79 Å². The molecule has 1 saturated heterocycles. The Bertz CT molecular complexity index is 505. The molecular formula is C19H31N3O. The summed E-state index contributed by atoms with van der Waals surface area (Å²) < 4.78 is 0. The van der Waals surface area contributed by atoms with E-state index in [4.69, 9.17) is 0 Å². The molecule has 2 rings (SSSR count). The Balaban J connectivity index is 1.98. The van der Waals surface area contributed by atoms with E-state index in [0.717, 1.165) is 45.6 Å². The molecule has 2 N–H and O–H groups in total. The third-order valence-electron chi connectivity index (χ3n) is 4.99. The van der Waals surface area contributed by atoms with Gasteiger partial charge in [0.05, 0.1) is 5.41 Å². The van der Waals surface area contributed by atoms with Crippen molar-refractivity contribution in [3.8, 4) is 0 Å². The van der Waals surface area contributed by atoms with Gasteiger partial charge in [-0.25, -0.2) is 0 Å². The van der Waals surface area contributed by atoms with E-state index < -0.39 is 0 Å². The number of nitrogens with one attached hydrogen (secondary N) is 2. The summed E-state index contributed by atoms with van der Waals surface area (Å²) in [6.07, 6.45) is 2.04. The highest BCUT2D eigenvalue weighted by Crippen LogP contribution is 2.25. The van der Waals surface area contributed by atoms with Crippen molar-refractivity contribution in [2.45, 2.75) is 46.7 Å². The highest BCUT2D eigenvalue weighted by molar-refractivity contribution is 5.82. The summed E-state index contributed by atoms with van der Waals surface area (Å²) in [5, 5.41) is 6.50. The Morgan fingerprint density at radius 1 is 1.26 bits per heavy atom. The van der Waals surface area contributed by atoms with Crippen LogP contribution in [0.1, 0.15) is 44.7 Å². The molecule has 1 aromatic carbocycles. The summed E-state index contributed by atoms with van der Waals surface area (Å²) in [6.45, 7) is 11.9. The first-order valence-corrected chi connectivity index (χ1v) is 8.87. The Morgan fingerprint density at radius 2 is 1.96 bits per heavy atom. The lowest BCUT2D eigenvalue weighted by Gasteiger charge is -2.32. The van der Waals surface area contributed by atoms with Crippen LogP contribution in [0.5, 0.6) is 0 Å². The molecule has 0 aliphatic carbocycles. The highest BCUT2D eigenvalue weighted by atomic mass is 16.2. The van der Waals surface area contributed by atoms with E-state index in [2.05, 4.69) is 60.6 Å². The molecule has 4 nitrogen and oxygen atoms in total. The van der Waals surface area contributed by atoms with E-state index in [1.165, 1.54) is 11.1 Å². The quantitative estimate of drug-likeness (QED) is 0.812. The Morgan fingerprint density at radius 3 is 2.57 bits per heavy atom. The lowest BCUT2D eigenvalue weighted by atomic mass is 9.82. The van der Waals surface area contributed by atoms with Crippen LogP contribution < -0.4 is 10.6 Å². The summed E-state index contributed by atoms with van der Waals surface area (Å²) in [5.41, 5.74) is 2.26. The molecule has 128 valence electrons. The predicted molar refractivity (Wildman–Crippen MR) is 95.1 cm³/mol. The first-order valence-electron chi connectivity index (χ1n) is 8.87. The second-order valence-electron chi connectivity index (χ2n) is 6.75. The standard InChI is InChI=1S/C19H31N3O/c1-4-22(5-2)14-17-10-7-6-9-16(17)13-21-18(23)19(3)11-8-12-20-15-19/h6-7,9-10,20H,4-5,8,11-15H2,1-3H3,(H,21,23). The summed E-state index contributed by atoms with van der Waals surface area (Å²) in [6, 6.07) is 8.43. The minimum Gasteiger partial charge on any atom is -0.352 e. The average molecular weight is 317 g/mol. The van der Waals surface area contributed by atoms with E-state index in [0.29, 0.717) is 6.54 Å². The van der Waals surface area contributed by atoms with Gasteiger partial charge in [-0.15, -0.1) is 0 Å². The van der Waals surface area contributed by atoms with E-state index in [-0.39, 0.29) is 11.3 Å². The van der Waals surface area contributed by atoms with E-state index in [1.807, 2.05) is 0 Å². The summed E-state index contributed by atoms with van der Waals surface area (Å²) >= 11 is 0. The molecule has 0 aromatic heterocycles. The topological polar surface area (TPSA) is 44.4 Å². The number of carbonyl (C=O) groups is 1. The van der Waals surface area contributed by atoms with Gasteiger partial charge in [0, 0.05) is 19.6 Å². The average Bonchev–Trinajstić information content (AvgIpc) is 2.59. The van der Waals surface area contributed by atoms with Crippen molar-refractivity contribution in [1.82, 2.24) is 15.5 Å². The Kier molecular flexibility index (Phi) is 6.60. The van der Waals surface area contributed by atoms with Gasteiger partial charge in [0.2, 0.25) is 5.91 Å². The maximum atomic E-state index is 12.6. The number of benzene rings is 1. The van der Waals surface area contributed by atoms with Gasteiger partial charge in [0.25, 0.3) is 0 Å². The normalized spacial score (nSPS) is 21.4. The molecule has 1 aliphatic heterocycles. The molecule has 23 heavy (non-hydrogen) atoms. The minimum atomic E-state index is -0.272. The second kappa shape index (κ2) is 8.46. The van der Waals surface area contributed by atoms with Crippen LogP contribution in [0, 0.1) is 5.41 Å². The number of hydrogen-bond acceptors (Lipinski definition) is 3. The van der Waals surface area contributed by atoms with Crippen LogP contribution in [0.3, 0.4) is 0 Å². The van der Waals surface area contributed by atoms with Crippen molar-refractivity contribution in [2.24, 2.45) is 5.41 Å². The molecule has 1 heterocycles. The Labute approximate surface area is 140 Å². The number of carbonyl (C=O) groups excluding carboxylic acids is 1. The highest BCUT2D eigenvalue weighted by Gasteiger charge is 2.34. The molecule has 0 spiro atoms. The number of nitrogens with zero attached hydrogens (tertiary/aromatic N) is 1. The molecule has 1 atom stereocenters. The number of amides is 1. The van der Waals surface area contributed by atoms with Crippen LogP contribution >= 0.6 is 0 Å². The lowest BCUT2D eigenvalue weighted by molar-refractivity contribution is -0.131. The number of hydrogen-bond donors (Lipinski definition) is 2. The fourth-order valence-corrected chi connectivity index (χ4v) is 3.21. The molecule has 1 aliphatic rings. The molecule has 0 bridgehead atoms. The van der Waals surface area contributed by atoms with Crippen LogP contribution in [-0.2, 0) is 17.9 Å². The van der Waals surface area contributed by atoms with Crippen LogP contribution in [0.2, 0.25) is 0 Å². The van der Waals surface area contributed by atoms with E-state index >= 15 is 0 Å². The maximum Gasteiger partial charge on any atom is 0.227 e. The third kappa shape index (κ3) is 4.79. The maximum absolute atomic E-state index is 12.6. The summed E-state index contributed by atoms with van der Waals surface area (Å²) in [7, 11) is 0. The van der Waals surface area contributed by atoms with Gasteiger partial charge in [-0.2, -0.15) is 0 Å². The zero-order chi connectivity index (χ0) is 16.7. The van der Waals surface area contributed by atoms with Crippen molar-refractivity contribution in [1.29, 1.82) is 0 Å². The van der Waals surface area contributed by atoms with Gasteiger partial charge in [-0.1, -0.05) is 38.1 Å². The van der Waals surface area contributed by atoms with Crippen LogP contribution in [-0.4, -0.2) is 37.0 Å². The zero-order valence-electron chi connectivity index (χ0n) is 14.8. The van der Waals surface area contributed by atoms with Gasteiger partial charge in [-0.05, 0) is 50.5 Å². The molecule has 1 unspecified atom stereocenters. The van der Waals surface area contributed by atoms with Crippen molar-refractivity contribution >= 4 is 5.91 Å². The van der Waals surface area contributed by atoms with Gasteiger partial charge < -0.3 is 10.6 Å². The summed E-state index contributed by atoms with van der Waals surface area (Å²) in [5.74, 6) is 0.169. The predicted octanol–water partition coefficient (Wildman–Crippen LogP) is 2.53. The van der Waals surface area contributed by atoms with Crippen LogP contribution in [0.25, 0.3) is 0 Å². The smallest absolute Gasteiger partial charge is 0.227 e. The SMILES string of the molecule is CCN(CC)Cc1ccccc1CNC(=O)C1(C)CCCNC1. The van der Waals surface area contributed by atoms with Gasteiger partial charge in [0.15, 0.2) is 0 Å². The molecule has 4 heteroatoms. The first kappa shape index (κ1) is 18.0. The Hall–Kier alpha value is -1.39. The van der Waals surface area contributed by atoms with Gasteiger partial charge in [-0.3, -0.25) is 9.69 Å². The van der Waals surface area contributed by atoms with Crippen molar-refractivity contribution in [3.63, 3.8) is 0 Å². The zero-order valence-corrected chi connectivity index (χ0v) is 14.8. The minimum absolute atomic E-state index is 0.169. The number of piperidine rings is 1. The largest absolute Gasteiger partial charge is 0.352 e. The van der Waals surface area contributed by atoms with Crippen molar-refractivity contribution in [3.05, 3.63) is 35.4 Å². The molecular weight excluding hydrogens is 286 g/mol. The number of rotatable bonds is 7. The molecule has 1 amide bonds. The first-order chi connectivity index (χ1) is 11.1. The molecule has 0 radical (unpaired) electrons. The fourth-order valence-electron chi connectivity index (χ4n) is 3.21. The third-order valence-corrected chi connectivity index (χ3v) is 4.99. The molecule has 1 aromatic rings. The van der Waals surface area contributed by atoms with Gasteiger partial charge >= 0.3 is 0 Å². The van der Waals surface area contributed by atoms with Crippen molar-refractivity contribution in [2.75, 3.05) is 26.2 Å². The monoisotopic (exact) mass is 317 g/mol. The molecule has 0 saturated carbocycles. The van der Waals surface area contributed by atoms with Gasteiger partial charge in [0.1, 0.15) is 0 Å². The van der Waals surface area contributed by atoms with Crippen molar-refractivity contribution < 1.29 is 4.79 Å². The lowest BCUT2D eigenvalue weighted by Crippen LogP contribution is -2.48. The molecule has 1 fully saturated rings. The van der Waals surface area contributed by atoms with Crippen LogP contribution in [0.4, 0.5) is 0 Å².